The highest BCUT2D eigenvalue weighted by molar-refractivity contribution is 6.52. The van der Waals surface area contributed by atoms with Crippen molar-refractivity contribution in [1.29, 1.82) is 0 Å². The standard InChI is InChI=1S/C6HCl4FO/c7-1-2(8)4(10)6(12)5(11)3(1)9/h12H. The number of rotatable bonds is 0. The summed E-state index contributed by atoms with van der Waals surface area (Å²) in [7, 11) is 0. The van der Waals surface area contributed by atoms with Gasteiger partial charge in [-0.3, -0.25) is 0 Å². The second-order valence-corrected chi connectivity index (χ2v) is 3.43. The van der Waals surface area contributed by atoms with Gasteiger partial charge in [0.15, 0.2) is 11.6 Å². The minimum atomic E-state index is -1.07. The Bertz CT molecular complexity index is 234. The van der Waals surface area contributed by atoms with Crippen LogP contribution in [0.3, 0.4) is 0 Å². The third-order valence-corrected chi connectivity index (χ3v) is 2.96. The van der Waals surface area contributed by atoms with Crippen LogP contribution in [-0.4, -0.2) is 5.11 Å². The number of hydrogen-bond acceptors (Lipinski definition) is 1. The molecule has 1 nitrogen and oxygen atoms in total. The fourth-order valence-electron chi connectivity index (χ4n) is 0.593. The molecule has 0 aliphatic rings. The quantitative estimate of drug-likeness (QED) is 0.541. The van der Waals surface area contributed by atoms with Crippen LogP contribution in [0.25, 0.3) is 0 Å². The van der Waals surface area contributed by atoms with Crippen LogP contribution in [0.1, 0.15) is 0 Å². The van der Waals surface area contributed by atoms with E-state index in [4.69, 9.17) is 51.5 Å². The smallest absolute Gasteiger partial charge is 0.186 e. The number of phenols is 1. The van der Waals surface area contributed by atoms with E-state index in [0.29, 0.717) is 0 Å². The summed E-state index contributed by atoms with van der Waals surface area (Å²) in [6.07, 6.45) is 0. The van der Waals surface area contributed by atoms with Crippen molar-refractivity contribution >= 4 is 46.4 Å². The Kier molecular flexibility index (Phi) is 2.94. The van der Waals surface area contributed by atoms with Gasteiger partial charge in [-0.05, 0) is 0 Å². The molecule has 12 heavy (non-hydrogen) atoms. The molecule has 0 heterocycles. The third-order valence-electron chi connectivity index (χ3n) is 1.19. The predicted molar refractivity (Wildman–Crippen MR) is 48.1 cm³/mol. The molecular weight excluding hydrogens is 249 g/mol. The molecule has 1 N–H and O–H groups in total. The van der Waals surface area contributed by atoms with E-state index in [2.05, 4.69) is 0 Å². The number of benzene rings is 1. The summed E-state index contributed by atoms with van der Waals surface area (Å²) in [5, 5.41) is 7.80. The van der Waals surface area contributed by atoms with Gasteiger partial charge < -0.3 is 5.11 Å². The van der Waals surface area contributed by atoms with Gasteiger partial charge >= 0.3 is 0 Å². The van der Waals surface area contributed by atoms with Crippen molar-refractivity contribution in [2.24, 2.45) is 0 Å². The van der Waals surface area contributed by atoms with E-state index in [9.17, 15) is 4.39 Å². The Morgan fingerprint density at radius 2 is 1.25 bits per heavy atom. The topological polar surface area (TPSA) is 20.2 Å². The monoisotopic (exact) mass is 248 g/mol. The van der Waals surface area contributed by atoms with Gasteiger partial charge in [0.05, 0.1) is 10.0 Å². The van der Waals surface area contributed by atoms with Crippen LogP contribution in [0.2, 0.25) is 20.1 Å². The van der Waals surface area contributed by atoms with Crippen LogP contribution >= 0.6 is 46.4 Å². The zero-order valence-corrected chi connectivity index (χ0v) is 8.36. The molecule has 0 aromatic heterocycles. The molecule has 0 radical (unpaired) electrons. The van der Waals surface area contributed by atoms with Crippen molar-refractivity contribution < 1.29 is 9.50 Å². The lowest BCUT2D eigenvalue weighted by atomic mass is 10.3. The van der Waals surface area contributed by atoms with Gasteiger partial charge in [0.1, 0.15) is 10.0 Å². The normalized spacial score (nSPS) is 10.4. The van der Waals surface area contributed by atoms with Crippen LogP contribution < -0.4 is 0 Å². The molecule has 6 heteroatoms. The number of hydrogen-bond donors (Lipinski definition) is 1. The third kappa shape index (κ3) is 1.44. The van der Waals surface area contributed by atoms with Gasteiger partial charge in [-0.2, -0.15) is 0 Å². The number of phenolic OH excluding ortho intramolecular Hbond substituents is 1. The van der Waals surface area contributed by atoms with E-state index >= 15 is 0 Å². The minimum Gasteiger partial charge on any atom is -0.504 e. The van der Waals surface area contributed by atoms with Crippen molar-refractivity contribution in [2.75, 3.05) is 0 Å². The highest BCUT2D eigenvalue weighted by atomic mass is 35.5. The molecular formula is C6HCl4FO. The molecule has 0 bridgehead atoms. The maximum absolute atomic E-state index is 12.8. The van der Waals surface area contributed by atoms with Gasteiger partial charge in [0.2, 0.25) is 0 Å². The maximum Gasteiger partial charge on any atom is 0.186 e. The van der Waals surface area contributed by atoms with E-state index in [1.807, 2.05) is 0 Å². The second kappa shape index (κ2) is 3.46. The van der Waals surface area contributed by atoms with Crippen molar-refractivity contribution in [3.63, 3.8) is 0 Å². The first kappa shape index (κ1) is 10.2. The molecule has 1 aromatic rings. The zero-order chi connectivity index (χ0) is 9.46. The largest absolute Gasteiger partial charge is 0.504 e. The van der Waals surface area contributed by atoms with Crippen LogP contribution in [0.5, 0.6) is 5.75 Å². The average molecular weight is 250 g/mol. The average Bonchev–Trinajstić information content (AvgIpc) is 2.08. The fourth-order valence-corrected chi connectivity index (χ4v) is 1.41. The molecule has 0 amide bonds. The Labute approximate surface area is 87.6 Å². The summed E-state index contributed by atoms with van der Waals surface area (Å²) >= 11 is 21.7. The lowest BCUT2D eigenvalue weighted by Gasteiger charge is -2.05. The first-order valence-electron chi connectivity index (χ1n) is 2.67. The van der Waals surface area contributed by atoms with Crippen LogP contribution in [0.4, 0.5) is 4.39 Å². The van der Waals surface area contributed by atoms with Gasteiger partial charge in [0, 0.05) is 0 Å². The second-order valence-electron chi connectivity index (χ2n) is 1.92. The fraction of sp³-hybridized carbons (Fsp3) is 0. The molecule has 0 saturated heterocycles. The van der Waals surface area contributed by atoms with Crippen molar-refractivity contribution in [3.8, 4) is 5.75 Å². The SMILES string of the molecule is Oc1c(F)c(Cl)c(Cl)c(Cl)c1Cl. The molecule has 0 saturated carbocycles. The van der Waals surface area contributed by atoms with E-state index < -0.39 is 16.6 Å². The highest BCUT2D eigenvalue weighted by Crippen LogP contribution is 2.43. The van der Waals surface area contributed by atoms with Gasteiger partial charge in [-0.25, -0.2) is 4.39 Å². The van der Waals surface area contributed by atoms with Crippen molar-refractivity contribution in [3.05, 3.63) is 25.9 Å². The zero-order valence-electron chi connectivity index (χ0n) is 5.34. The first-order chi connectivity index (χ1) is 5.46. The van der Waals surface area contributed by atoms with Crippen LogP contribution in [0, 0.1) is 5.82 Å². The van der Waals surface area contributed by atoms with Gasteiger partial charge in [-0.15, -0.1) is 0 Å². The number of aromatic hydroxyl groups is 1. The molecule has 0 spiro atoms. The molecule has 0 aliphatic heterocycles. The van der Waals surface area contributed by atoms with Gasteiger partial charge in [-0.1, -0.05) is 46.4 Å². The Morgan fingerprint density at radius 1 is 0.833 bits per heavy atom. The lowest BCUT2D eigenvalue weighted by Crippen LogP contribution is -1.83. The van der Waals surface area contributed by atoms with E-state index in [-0.39, 0.29) is 15.1 Å². The van der Waals surface area contributed by atoms with Crippen molar-refractivity contribution in [1.82, 2.24) is 0 Å². The van der Waals surface area contributed by atoms with Crippen LogP contribution in [0.15, 0.2) is 0 Å². The van der Waals surface area contributed by atoms with E-state index in [1.54, 1.807) is 0 Å². The number of halogens is 5. The molecule has 0 aliphatic carbocycles. The predicted octanol–water partition coefficient (Wildman–Crippen LogP) is 4.14. The highest BCUT2D eigenvalue weighted by Gasteiger charge is 2.19. The van der Waals surface area contributed by atoms with Gasteiger partial charge in [0.25, 0.3) is 0 Å². The Balaban J connectivity index is 3.60. The Morgan fingerprint density at radius 3 is 1.75 bits per heavy atom. The summed E-state index contributed by atoms with van der Waals surface area (Å²) in [5.74, 6) is -1.87. The first-order valence-corrected chi connectivity index (χ1v) is 4.18. The summed E-state index contributed by atoms with van der Waals surface area (Å²) in [6, 6.07) is 0. The molecule has 0 unspecified atom stereocenters. The van der Waals surface area contributed by atoms with E-state index in [0.717, 1.165) is 0 Å². The molecule has 1 rings (SSSR count). The Hall–Kier alpha value is 0.110. The minimum absolute atomic E-state index is 0.165. The summed E-state index contributed by atoms with van der Waals surface area (Å²) in [4.78, 5) is 0. The molecule has 66 valence electrons. The molecule has 0 atom stereocenters. The molecule has 1 aromatic carbocycles. The van der Waals surface area contributed by atoms with E-state index in [1.165, 1.54) is 0 Å². The van der Waals surface area contributed by atoms with Crippen LogP contribution in [-0.2, 0) is 0 Å². The maximum atomic E-state index is 12.8. The molecule has 0 fully saturated rings. The van der Waals surface area contributed by atoms with Crippen molar-refractivity contribution in [2.45, 2.75) is 0 Å². The summed E-state index contributed by atoms with van der Waals surface area (Å²) in [6.45, 7) is 0. The summed E-state index contributed by atoms with van der Waals surface area (Å²) in [5.41, 5.74) is 0. The lowest BCUT2D eigenvalue weighted by molar-refractivity contribution is 0.433. The summed E-state index contributed by atoms with van der Waals surface area (Å²) < 4.78 is 12.8.